The molecule has 4 heterocycles. The number of imidazole rings is 1. The fraction of sp³-hybridized carbons (Fsp3) is 0.160. The molecule has 0 radical (unpaired) electrons. The maximum absolute atomic E-state index is 14.5. The van der Waals surface area contributed by atoms with Gasteiger partial charge in [-0.15, -0.1) is 0 Å². The molecule has 0 bridgehead atoms. The molecule has 1 atom stereocenters. The first-order valence-corrected chi connectivity index (χ1v) is 11.0. The van der Waals surface area contributed by atoms with E-state index in [1.807, 2.05) is 17.0 Å². The highest BCUT2D eigenvalue weighted by atomic mass is 19.1. The zero-order chi connectivity index (χ0) is 24.1. The van der Waals surface area contributed by atoms with Gasteiger partial charge in [-0.1, -0.05) is 0 Å². The quantitative estimate of drug-likeness (QED) is 0.415. The Kier molecular flexibility index (Phi) is 4.68. The van der Waals surface area contributed by atoms with Crippen molar-refractivity contribution in [3.05, 3.63) is 77.1 Å². The summed E-state index contributed by atoms with van der Waals surface area (Å²) in [6, 6.07) is 12.2. The van der Waals surface area contributed by atoms with Crippen molar-refractivity contribution in [2.24, 2.45) is 0 Å². The van der Waals surface area contributed by atoms with Crippen LogP contribution in [0.1, 0.15) is 35.6 Å². The number of rotatable bonds is 3. The molecule has 2 aromatic carbocycles. The number of aromatic nitrogens is 5. The van der Waals surface area contributed by atoms with Crippen molar-refractivity contribution in [1.29, 1.82) is 10.5 Å². The first-order valence-electron chi connectivity index (χ1n) is 11.0. The van der Waals surface area contributed by atoms with Crippen LogP contribution >= 0.6 is 0 Å². The molecule has 0 aliphatic carbocycles. The molecule has 170 valence electrons. The van der Waals surface area contributed by atoms with E-state index in [1.165, 1.54) is 6.07 Å². The largest absolute Gasteiger partial charge is 0.349 e. The Morgan fingerprint density at radius 3 is 2.69 bits per heavy atom. The lowest BCUT2D eigenvalue weighted by Gasteiger charge is -2.26. The highest BCUT2D eigenvalue weighted by molar-refractivity contribution is 5.85. The number of nitrogens with one attached hydrogen (secondary N) is 1. The van der Waals surface area contributed by atoms with Gasteiger partial charge in [0.25, 0.3) is 0 Å². The summed E-state index contributed by atoms with van der Waals surface area (Å²) in [5.41, 5.74) is 3.17. The minimum atomic E-state index is -0.473. The summed E-state index contributed by atoms with van der Waals surface area (Å²) in [5.74, 6) is 0.205. The van der Waals surface area contributed by atoms with Gasteiger partial charge in [0.1, 0.15) is 35.4 Å². The van der Waals surface area contributed by atoms with E-state index in [0.29, 0.717) is 52.4 Å². The van der Waals surface area contributed by atoms with Crippen LogP contribution in [0.25, 0.3) is 28.1 Å². The normalized spacial score (nSPS) is 15.5. The van der Waals surface area contributed by atoms with Gasteiger partial charge in [-0.25, -0.2) is 23.3 Å². The average molecular weight is 466 g/mol. The lowest BCUT2D eigenvalue weighted by atomic mass is 10.0. The fourth-order valence-electron chi connectivity index (χ4n) is 4.69. The summed E-state index contributed by atoms with van der Waals surface area (Å²) in [4.78, 5) is 14.6. The number of nitriles is 2. The number of nitrogens with zero attached hydrogens (tertiary/aromatic N) is 7. The molecule has 1 N–H and O–H groups in total. The van der Waals surface area contributed by atoms with E-state index >= 15 is 0 Å². The van der Waals surface area contributed by atoms with Crippen molar-refractivity contribution < 1.29 is 8.78 Å². The lowest BCUT2D eigenvalue weighted by Crippen LogP contribution is -2.24. The van der Waals surface area contributed by atoms with Crippen LogP contribution in [0.5, 0.6) is 0 Å². The molecule has 0 spiro atoms. The smallest absolute Gasteiger partial charge is 0.168 e. The topological polar surface area (TPSA) is 110 Å². The van der Waals surface area contributed by atoms with Crippen LogP contribution in [-0.2, 0) is 0 Å². The summed E-state index contributed by atoms with van der Waals surface area (Å²) in [5, 5.41) is 23.0. The minimum absolute atomic E-state index is 0.253. The van der Waals surface area contributed by atoms with Crippen molar-refractivity contribution in [2.45, 2.75) is 18.9 Å². The second-order valence-electron chi connectivity index (χ2n) is 8.35. The van der Waals surface area contributed by atoms with Crippen molar-refractivity contribution in [3.63, 3.8) is 0 Å². The van der Waals surface area contributed by atoms with Crippen LogP contribution < -0.4 is 4.90 Å². The first-order chi connectivity index (χ1) is 17.1. The van der Waals surface area contributed by atoms with Crippen LogP contribution in [0.2, 0.25) is 0 Å². The molecule has 1 saturated heterocycles. The van der Waals surface area contributed by atoms with Crippen LogP contribution in [0, 0.1) is 34.3 Å². The Bertz CT molecular complexity index is 1650. The van der Waals surface area contributed by atoms with E-state index in [1.54, 1.807) is 35.1 Å². The number of benzene rings is 2. The number of H-pyrrole nitrogens is 1. The minimum Gasteiger partial charge on any atom is -0.349 e. The molecule has 35 heavy (non-hydrogen) atoms. The van der Waals surface area contributed by atoms with Crippen molar-refractivity contribution >= 4 is 22.5 Å². The molecule has 5 aromatic rings. The van der Waals surface area contributed by atoms with E-state index < -0.39 is 11.6 Å². The number of hydrogen-bond acceptors (Lipinski definition) is 6. The SMILES string of the molecule is N#Cc1cc2nc(-c3cnn4ccc(N5CCC[C@@H]5c5cc(F)ccc5F)nc34)[nH]c2cc1C#N. The molecular formula is C25H16F2N8. The molecule has 0 amide bonds. The molecule has 1 aliphatic rings. The molecule has 0 unspecified atom stereocenters. The molecule has 8 nitrogen and oxygen atoms in total. The molecule has 6 rings (SSSR count). The van der Waals surface area contributed by atoms with Gasteiger partial charge in [0.2, 0.25) is 0 Å². The van der Waals surface area contributed by atoms with E-state index in [9.17, 15) is 19.3 Å². The van der Waals surface area contributed by atoms with E-state index in [0.717, 1.165) is 18.6 Å². The average Bonchev–Trinajstić information content (AvgIpc) is 3.61. The standard InChI is InChI=1S/C25H16F2N8/c26-16-3-4-19(27)17(10-16)22-2-1-6-34(22)23-5-7-35-25(33-23)18(13-30-35)24-31-20-8-14(11-28)15(12-29)9-21(20)32-24/h3-5,7-10,13,22H,1-2,6H2,(H,31,32)/t22-/m1/s1. The maximum atomic E-state index is 14.5. The summed E-state index contributed by atoms with van der Waals surface area (Å²) < 4.78 is 30.0. The van der Waals surface area contributed by atoms with Crippen LogP contribution in [-0.4, -0.2) is 31.1 Å². The molecule has 3 aromatic heterocycles. The second-order valence-corrected chi connectivity index (χ2v) is 8.35. The molecule has 1 aliphatic heterocycles. The Morgan fingerprint density at radius 2 is 1.86 bits per heavy atom. The third-order valence-electron chi connectivity index (χ3n) is 6.34. The number of fused-ring (bicyclic) bond motifs is 2. The van der Waals surface area contributed by atoms with Gasteiger partial charge in [0.15, 0.2) is 5.65 Å². The summed E-state index contributed by atoms with van der Waals surface area (Å²) >= 11 is 0. The van der Waals surface area contributed by atoms with Crippen LogP contribution in [0.15, 0.2) is 48.8 Å². The van der Waals surface area contributed by atoms with Crippen molar-refractivity contribution in [2.75, 3.05) is 11.4 Å². The number of anilines is 1. The third-order valence-corrected chi connectivity index (χ3v) is 6.34. The van der Waals surface area contributed by atoms with Gasteiger partial charge in [-0.05, 0) is 49.2 Å². The zero-order valence-electron chi connectivity index (χ0n) is 18.2. The second kappa shape index (κ2) is 7.89. The predicted octanol–water partition coefficient (Wildman–Crippen LogP) is 4.64. The van der Waals surface area contributed by atoms with Gasteiger partial charge in [0.05, 0.1) is 40.0 Å². The van der Waals surface area contributed by atoms with E-state index in [2.05, 4.69) is 15.1 Å². The Labute approximate surface area is 197 Å². The molecule has 1 fully saturated rings. The van der Waals surface area contributed by atoms with Crippen LogP contribution in [0.3, 0.4) is 0 Å². The fourth-order valence-corrected chi connectivity index (χ4v) is 4.69. The summed E-state index contributed by atoms with van der Waals surface area (Å²) in [6.45, 7) is 0.659. The molecule has 10 heteroatoms. The highest BCUT2D eigenvalue weighted by Gasteiger charge is 2.30. The number of halogens is 2. The van der Waals surface area contributed by atoms with Gasteiger partial charge in [-0.3, -0.25) is 0 Å². The number of hydrogen-bond donors (Lipinski definition) is 1. The summed E-state index contributed by atoms with van der Waals surface area (Å²) in [6.07, 6.45) is 4.91. The van der Waals surface area contributed by atoms with E-state index in [-0.39, 0.29) is 17.2 Å². The number of aromatic amines is 1. The summed E-state index contributed by atoms with van der Waals surface area (Å²) in [7, 11) is 0. The first kappa shape index (κ1) is 20.8. The maximum Gasteiger partial charge on any atom is 0.168 e. The third kappa shape index (κ3) is 3.35. The Morgan fingerprint density at radius 1 is 1.03 bits per heavy atom. The van der Waals surface area contributed by atoms with Crippen molar-refractivity contribution in [1.82, 2.24) is 24.6 Å². The van der Waals surface area contributed by atoms with Gasteiger partial charge < -0.3 is 9.88 Å². The van der Waals surface area contributed by atoms with Crippen molar-refractivity contribution in [3.8, 4) is 23.5 Å². The predicted molar refractivity (Wildman–Crippen MR) is 123 cm³/mol. The van der Waals surface area contributed by atoms with E-state index in [4.69, 9.17) is 4.98 Å². The van der Waals surface area contributed by atoms with Crippen LogP contribution in [0.4, 0.5) is 14.6 Å². The van der Waals surface area contributed by atoms with Gasteiger partial charge >= 0.3 is 0 Å². The molecular weight excluding hydrogens is 450 g/mol. The molecule has 0 saturated carbocycles. The Hall–Kier alpha value is -4.83. The highest BCUT2D eigenvalue weighted by Crippen LogP contribution is 2.37. The lowest BCUT2D eigenvalue weighted by molar-refractivity contribution is 0.560. The zero-order valence-corrected chi connectivity index (χ0v) is 18.2. The van der Waals surface area contributed by atoms with Gasteiger partial charge in [0, 0.05) is 18.3 Å². The monoisotopic (exact) mass is 466 g/mol. The van der Waals surface area contributed by atoms with Gasteiger partial charge in [-0.2, -0.15) is 15.6 Å². The Balaban J connectivity index is 1.43.